The van der Waals surface area contributed by atoms with Gasteiger partial charge in [0.1, 0.15) is 11.3 Å². The van der Waals surface area contributed by atoms with Crippen molar-refractivity contribution in [2.24, 2.45) is 5.92 Å². The molecule has 1 fully saturated rings. The number of carbonyl (C=O) groups is 3. The molecule has 0 radical (unpaired) electrons. The number of rotatable bonds is 5. The van der Waals surface area contributed by atoms with Gasteiger partial charge >= 0.3 is 11.9 Å². The number of piperidine rings is 1. The minimum Gasteiger partial charge on any atom is -0.507 e. The van der Waals surface area contributed by atoms with Crippen molar-refractivity contribution in [3.63, 3.8) is 0 Å². The summed E-state index contributed by atoms with van der Waals surface area (Å²) in [5.41, 5.74) is 0.0168. The van der Waals surface area contributed by atoms with Crippen molar-refractivity contribution in [2.45, 2.75) is 32.8 Å². The SMILES string of the molecule is CCOC(=O)C1CCN(C(=O)[C@@H](C)OC(=O)c2ccccc2O)CC1. The number of para-hydroxylation sites is 1. The molecule has 0 unspecified atom stereocenters. The number of esters is 2. The second kappa shape index (κ2) is 8.50. The summed E-state index contributed by atoms with van der Waals surface area (Å²) in [6.07, 6.45) is 0.0985. The standard InChI is InChI=1S/C18H23NO6/c1-3-24-17(22)13-8-10-19(11-9-13)16(21)12(2)25-18(23)14-6-4-5-7-15(14)20/h4-7,12-13,20H,3,8-11H2,1-2H3/t12-/m1/s1. The summed E-state index contributed by atoms with van der Waals surface area (Å²) >= 11 is 0. The third-order valence-electron chi connectivity index (χ3n) is 4.18. The lowest BCUT2D eigenvalue weighted by molar-refractivity contribution is -0.152. The van der Waals surface area contributed by atoms with Gasteiger partial charge in [-0.25, -0.2) is 4.79 Å². The van der Waals surface area contributed by atoms with Crippen molar-refractivity contribution in [2.75, 3.05) is 19.7 Å². The van der Waals surface area contributed by atoms with E-state index >= 15 is 0 Å². The van der Waals surface area contributed by atoms with E-state index in [1.54, 1.807) is 24.0 Å². The number of nitrogens with zero attached hydrogens (tertiary/aromatic N) is 1. The summed E-state index contributed by atoms with van der Waals surface area (Å²) in [7, 11) is 0. The van der Waals surface area contributed by atoms with E-state index in [0.717, 1.165) is 0 Å². The third kappa shape index (κ3) is 4.71. The van der Waals surface area contributed by atoms with E-state index < -0.39 is 12.1 Å². The summed E-state index contributed by atoms with van der Waals surface area (Å²) in [4.78, 5) is 37.8. The van der Waals surface area contributed by atoms with Crippen LogP contribution in [0.5, 0.6) is 5.75 Å². The molecule has 2 rings (SSSR count). The van der Waals surface area contributed by atoms with Crippen molar-refractivity contribution >= 4 is 17.8 Å². The van der Waals surface area contributed by atoms with Crippen LogP contribution in [0.25, 0.3) is 0 Å². The molecule has 0 spiro atoms. The number of hydrogen-bond acceptors (Lipinski definition) is 6. The highest BCUT2D eigenvalue weighted by molar-refractivity contribution is 5.94. The van der Waals surface area contributed by atoms with Crippen LogP contribution in [0.2, 0.25) is 0 Å². The van der Waals surface area contributed by atoms with Crippen LogP contribution < -0.4 is 0 Å². The highest BCUT2D eigenvalue weighted by Gasteiger charge is 2.31. The number of phenolic OH excluding ortho intramolecular Hbond substituents is 1. The van der Waals surface area contributed by atoms with Gasteiger partial charge in [0.05, 0.1) is 12.5 Å². The highest BCUT2D eigenvalue weighted by Crippen LogP contribution is 2.21. The molecular weight excluding hydrogens is 326 g/mol. The number of ether oxygens (including phenoxy) is 2. The topological polar surface area (TPSA) is 93.1 Å². The molecule has 0 aliphatic carbocycles. The number of amides is 1. The Morgan fingerprint density at radius 2 is 1.88 bits per heavy atom. The smallest absolute Gasteiger partial charge is 0.342 e. The first-order valence-corrected chi connectivity index (χ1v) is 8.38. The van der Waals surface area contributed by atoms with E-state index in [1.807, 2.05) is 0 Å². The normalized spacial score (nSPS) is 16.2. The maximum atomic E-state index is 12.4. The van der Waals surface area contributed by atoms with E-state index in [2.05, 4.69) is 0 Å². The first-order chi connectivity index (χ1) is 11.9. The average Bonchev–Trinajstić information content (AvgIpc) is 2.61. The molecule has 0 saturated carbocycles. The number of likely N-dealkylation sites (tertiary alicyclic amines) is 1. The molecule has 25 heavy (non-hydrogen) atoms. The van der Waals surface area contributed by atoms with Crippen molar-refractivity contribution in [3.05, 3.63) is 29.8 Å². The predicted octanol–water partition coefficient (Wildman–Crippen LogP) is 1.74. The van der Waals surface area contributed by atoms with Crippen molar-refractivity contribution in [3.8, 4) is 5.75 Å². The van der Waals surface area contributed by atoms with Gasteiger partial charge in [0, 0.05) is 13.1 Å². The molecule has 1 atom stereocenters. The van der Waals surface area contributed by atoms with Crippen LogP contribution in [-0.4, -0.2) is 53.7 Å². The first-order valence-electron chi connectivity index (χ1n) is 8.38. The van der Waals surface area contributed by atoms with Gasteiger partial charge in [-0.15, -0.1) is 0 Å². The molecule has 7 heteroatoms. The quantitative estimate of drug-likeness (QED) is 0.814. The molecule has 136 valence electrons. The van der Waals surface area contributed by atoms with Crippen LogP contribution in [0.4, 0.5) is 0 Å². The summed E-state index contributed by atoms with van der Waals surface area (Å²) in [6, 6.07) is 6.00. The van der Waals surface area contributed by atoms with E-state index in [0.29, 0.717) is 32.5 Å². The molecule has 0 bridgehead atoms. The van der Waals surface area contributed by atoms with E-state index in [9.17, 15) is 19.5 Å². The van der Waals surface area contributed by atoms with Crippen LogP contribution in [0.3, 0.4) is 0 Å². The van der Waals surface area contributed by atoms with E-state index in [4.69, 9.17) is 9.47 Å². The maximum absolute atomic E-state index is 12.4. The summed E-state index contributed by atoms with van der Waals surface area (Å²) in [5.74, 6) is -1.68. The fraction of sp³-hybridized carbons (Fsp3) is 0.500. The Morgan fingerprint density at radius 3 is 2.48 bits per heavy atom. The minimum atomic E-state index is -0.966. The van der Waals surface area contributed by atoms with E-state index in [-0.39, 0.29) is 29.1 Å². The lowest BCUT2D eigenvalue weighted by Gasteiger charge is -2.32. The Morgan fingerprint density at radius 1 is 1.24 bits per heavy atom. The van der Waals surface area contributed by atoms with Gasteiger partial charge in [0.25, 0.3) is 5.91 Å². The summed E-state index contributed by atoms with van der Waals surface area (Å²) < 4.78 is 10.2. The number of benzene rings is 1. The number of aromatic hydroxyl groups is 1. The lowest BCUT2D eigenvalue weighted by Crippen LogP contribution is -2.45. The molecule has 1 aromatic rings. The minimum absolute atomic E-state index is 0.0168. The Bertz CT molecular complexity index is 636. The van der Waals surface area contributed by atoms with Crippen LogP contribution in [0, 0.1) is 5.92 Å². The fourth-order valence-electron chi connectivity index (χ4n) is 2.77. The zero-order valence-corrected chi connectivity index (χ0v) is 14.4. The van der Waals surface area contributed by atoms with Crippen molar-refractivity contribution in [1.29, 1.82) is 0 Å². The maximum Gasteiger partial charge on any atom is 0.342 e. The molecule has 1 N–H and O–H groups in total. The fourth-order valence-corrected chi connectivity index (χ4v) is 2.77. The van der Waals surface area contributed by atoms with Crippen molar-refractivity contribution < 1.29 is 29.0 Å². The molecule has 0 aromatic heterocycles. The van der Waals surface area contributed by atoms with Gasteiger partial charge in [-0.3, -0.25) is 9.59 Å². The predicted molar refractivity (Wildman–Crippen MR) is 88.9 cm³/mol. The third-order valence-corrected chi connectivity index (χ3v) is 4.18. The van der Waals surface area contributed by atoms with Crippen molar-refractivity contribution in [1.82, 2.24) is 4.90 Å². The molecule has 7 nitrogen and oxygen atoms in total. The zero-order chi connectivity index (χ0) is 18.4. The molecule has 1 aliphatic rings. The molecule has 1 heterocycles. The molecule has 1 aromatic carbocycles. The first kappa shape index (κ1) is 18.8. The Hall–Kier alpha value is -2.57. The number of carbonyl (C=O) groups excluding carboxylic acids is 3. The summed E-state index contributed by atoms with van der Waals surface area (Å²) in [6.45, 7) is 4.44. The van der Waals surface area contributed by atoms with Gasteiger partial charge in [0.15, 0.2) is 6.10 Å². The van der Waals surface area contributed by atoms with Gasteiger partial charge in [-0.05, 0) is 38.8 Å². The zero-order valence-electron chi connectivity index (χ0n) is 14.4. The largest absolute Gasteiger partial charge is 0.507 e. The number of hydrogen-bond donors (Lipinski definition) is 1. The van der Waals surface area contributed by atoms with Gasteiger partial charge in [-0.2, -0.15) is 0 Å². The molecular formula is C18H23NO6. The lowest BCUT2D eigenvalue weighted by atomic mass is 9.97. The Labute approximate surface area is 146 Å². The summed E-state index contributed by atoms with van der Waals surface area (Å²) in [5, 5.41) is 9.67. The van der Waals surface area contributed by atoms with Crippen LogP contribution in [-0.2, 0) is 19.1 Å². The van der Waals surface area contributed by atoms with Crippen LogP contribution in [0.1, 0.15) is 37.0 Å². The Balaban J connectivity index is 1.88. The van der Waals surface area contributed by atoms with Gasteiger partial charge in [-0.1, -0.05) is 12.1 Å². The molecule has 1 aliphatic heterocycles. The average molecular weight is 349 g/mol. The van der Waals surface area contributed by atoms with Crippen LogP contribution in [0.15, 0.2) is 24.3 Å². The van der Waals surface area contributed by atoms with Gasteiger partial charge in [0.2, 0.25) is 0 Å². The number of phenols is 1. The monoisotopic (exact) mass is 349 g/mol. The van der Waals surface area contributed by atoms with E-state index in [1.165, 1.54) is 19.1 Å². The van der Waals surface area contributed by atoms with Crippen LogP contribution >= 0.6 is 0 Å². The molecule has 1 saturated heterocycles. The van der Waals surface area contributed by atoms with Gasteiger partial charge < -0.3 is 19.5 Å². The second-order valence-corrected chi connectivity index (χ2v) is 5.92. The second-order valence-electron chi connectivity index (χ2n) is 5.92. The Kier molecular flexibility index (Phi) is 6.38. The molecule has 1 amide bonds. The highest BCUT2D eigenvalue weighted by atomic mass is 16.5.